The van der Waals surface area contributed by atoms with Gasteiger partial charge in [-0.25, -0.2) is 17.1 Å². The van der Waals surface area contributed by atoms with Gasteiger partial charge in [-0.2, -0.15) is 0 Å². The molecule has 1 heterocycles. The number of phenols is 2. The lowest BCUT2D eigenvalue weighted by Gasteiger charge is -2.17. The SMILES string of the molecule is O=S(=O)(CCc1ccccc1)N1CCC(c2cc(F)c(O)cc2O)C1. The molecule has 0 aliphatic carbocycles. The molecule has 134 valence electrons. The average Bonchev–Trinajstić information content (AvgIpc) is 3.08. The number of aromatic hydroxyl groups is 2. The largest absolute Gasteiger partial charge is 0.508 e. The van der Waals surface area contributed by atoms with E-state index in [-0.39, 0.29) is 24.0 Å². The Morgan fingerprint density at radius 2 is 1.84 bits per heavy atom. The van der Waals surface area contributed by atoms with Crippen molar-refractivity contribution in [2.75, 3.05) is 18.8 Å². The summed E-state index contributed by atoms with van der Waals surface area (Å²) in [5, 5.41) is 19.2. The Labute approximate surface area is 146 Å². The van der Waals surface area contributed by atoms with Gasteiger partial charge in [0.1, 0.15) is 5.75 Å². The fourth-order valence-electron chi connectivity index (χ4n) is 3.15. The summed E-state index contributed by atoms with van der Waals surface area (Å²) in [5.41, 5.74) is 1.29. The maximum Gasteiger partial charge on any atom is 0.214 e. The van der Waals surface area contributed by atoms with Gasteiger partial charge in [-0.15, -0.1) is 0 Å². The van der Waals surface area contributed by atoms with Crippen molar-refractivity contribution in [3.63, 3.8) is 0 Å². The molecule has 1 fully saturated rings. The van der Waals surface area contributed by atoms with Crippen LogP contribution in [0.5, 0.6) is 11.5 Å². The van der Waals surface area contributed by atoms with Crippen LogP contribution in [0.25, 0.3) is 0 Å². The molecule has 1 aliphatic heterocycles. The molecule has 0 spiro atoms. The van der Waals surface area contributed by atoms with Crippen LogP contribution in [-0.2, 0) is 16.4 Å². The molecule has 3 rings (SSSR count). The number of rotatable bonds is 5. The van der Waals surface area contributed by atoms with Crippen molar-refractivity contribution in [1.82, 2.24) is 4.31 Å². The number of halogens is 1. The van der Waals surface area contributed by atoms with Crippen LogP contribution in [0.4, 0.5) is 4.39 Å². The first-order valence-corrected chi connectivity index (χ1v) is 9.71. The third-order valence-electron chi connectivity index (χ3n) is 4.57. The quantitative estimate of drug-likeness (QED) is 0.854. The molecule has 25 heavy (non-hydrogen) atoms. The van der Waals surface area contributed by atoms with Crippen LogP contribution >= 0.6 is 0 Å². The van der Waals surface area contributed by atoms with Crippen LogP contribution in [-0.4, -0.2) is 41.8 Å². The van der Waals surface area contributed by atoms with Gasteiger partial charge in [0.05, 0.1) is 5.75 Å². The van der Waals surface area contributed by atoms with Crippen molar-refractivity contribution in [3.05, 3.63) is 59.4 Å². The molecular formula is C18H20FNO4S. The summed E-state index contributed by atoms with van der Waals surface area (Å²) < 4.78 is 40.0. The highest BCUT2D eigenvalue weighted by Gasteiger charge is 2.33. The minimum absolute atomic E-state index is 0.0135. The second-order valence-corrected chi connectivity index (χ2v) is 8.35. The van der Waals surface area contributed by atoms with Crippen molar-refractivity contribution in [1.29, 1.82) is 0 Å². The minimum atomic E-state index is -3.42. The predicted octanol–water partition coefficient (Wildman–Crippen LogP) is 2.60. The lowest BCUT2D eigenvalue weighted by Crippen LogP contribution is -2.31. The number of hydrogen-bond acceptors (Lipinski definition) is 4. The Balaban J connectivity index is 1.68. The van der Waals surface area contributed by atoms with Gasteiger partial charge in [0.25, 0.3) is 0 Å². The Kier molecular flexibility index (Phi) is 4.96. The van der Waals surface area contributed by atoms with Crippen LogP contribution in [0.1, 0.15) is 23.5 Å². The topological polar surface area (TPSA) is 77.8 Å². The summed E-state index contributed by atoms with van der Waals surface area (Å²) in [5.74, 6) is -1.93. The highest BCUT2D eigenvalue weighted by Crippen LogP contribution is 2.37. The van der Waals surface area contributed by atoms with E-state index in [4.69, 9.17) is 0 Å². The highest BCUT2D eigenvalue weighted by atomic mass is 32.2. The minimum Gasteiger partial charge on any atom is -0.508 e. The molecule has 0 aromatic heterocycles. The first kappa shape index (κ1) is 17.7. The number of hydrogen-bond donors (Lipinski definition) is 2. The summed E-state index contributed by atoms with van der Waals surface area (Å²) >= 11 is 0. The van der Waals surface area contributed by atoms with Gasteiger partial charge in [-0.05, 0) is 24.5 Å². The lowest BCUT2D eigenvalue weighted by atomic mass is 9.97. The Hall–Kier alpha value is -2.12. The van der Waals surface area contributed by atoms with Crippen molar-refractivity contribution in [2.24, 2.45) is 0 Å². The van der Waals surface area contributed by atoms with Crippen molar-refractivity contribution in [2.45, 2.75) is 18.8 Å². The van der Waals surface area contributed by atoms with Gasteiger partial charge in [0.2, 0.25) is 10.0 Å². The highest BCUT2D eigenvalue weighted by molar-refractivity contribution is 7.89. The van der Waals surface area contributed by atoms with Crippen molar-refractivity contribution < 1.29 is 23.0 Å². The van der Waals surface area contributed by atoms with E-state index in [0.717, 1.165) is 17.7 Å². The molecule has 1 aliphatic rings. The zero-order valence-corrected chi connectivity index (χ0v) is 14.4. The molecule has 0 amide bonds. The number of nitrogens with zero attached hydrogens (tertiary/aromatic N) is 1. The van der Waals surface area contributed by atoms with E-state index in [9.17, 15) is 23.0 Å². The molecule has 1 saturated heterocycles. The number of benzene rings is 2. The molecular weight excluding hydrogens is 345 g/mol. The molecule has 0 bridgehead atoms. The fraction of sp³-hybridized carbons (Fsp3) is 0.333. The lowest BCUT2D eigenvalue weighted by molar-refractivity contribution is 0.412. The Morgan fingerprint density at radius 1 is 1.12 bits per heavy atom. The molecule has 2 aromatic rings. The van der Waals surface area contributed by atoms with E-state index in [1.807, 2.05) is 30.3 Å². The molecule has 1 atom stereocenters. The van der Waals surface area contributed by atoms with Gasteiger partial charge in [-0.3, -0.25) is 0 Å². The first-order valence-electron chi connectivity index (χ1n) is 8.10. The standard InChI is InChI=1S/C18H20FNO4S/c19-16-10-15(17(21)11-18(16)22)14-6-8-20(12-14)25(23,24)9-7-13-4-2-1-3-5-13/h1-5,10-11,14,21-22H,6-9,12H2. The zero-order chi connectivity index (χ0) is 18.0. The Morgan fingerprint density at radius 3 is 2.56 bits per heavy atom. The first-order chi connectivity index (χ1) is 11.9. The molecule has 1 unspecified atom stereocenters. The summed E-state index contributed by atoms with van der Waals surface area (Å²) in [6, 6.07) is 11.4. The normalized spacial score (nSPS) is 18.5. The number of phenolic OH excluding ortho intramolecular Hbond substituents is 2. The van der Waals surface area contributed by atoms with Gasteiger partial charge >= 0.3 is 0 Å². The summed E-state index contributed by atoms with van der Waals surface area (Å²) in [4.78, 5) is 0. The monoisotopic (exact) mass is 365 g/mol. The second kappa shape index (κ2) is 7.01. The molecule has 0 radical (unpaired) electrons. The average molecular weight is 365 g/mol. The third kappa shape index (κ3) is 3.93. The summed E-state index contributed by atoms with van der Waals surface area (Å²) in [6.07, 6.45) is 0.936. The molecule has 2 N–H and O–H groups in total. The van der Waals surface area contributed by atoms with Crippen molar-refractivity contribution >= 4 is 10.0 Å². The van der Waals surface area contributed by atoms with E-state index >= 15 is 0 Å². The van der Waals surface area contributed by atoms with Gasteiger partial charge < -0.3 is 10.2 Å². The Bertz CT molecular complexity index is 855. The molecule has 0 saturated carbocycles. The van der Waals surface area contributed by atoms with Gasteiger partial charge in [-0.1, -0.05) is 30.3 Å². The van der Waals surface area contributed by atoms with Crippen LogP contribution in [0, 0.1) is 5.82 Å². The third-order valence-corrected chi connectivity index (χ3v) is 6.41. The van der Waals surface area contributed by atoms with Crippen LogP contribution in [0.15, 0.2) is 42.5 Å². The van der Waals surface area contributed by atoms with E-state index in [0.29, 0.717) is 24.9 Å². The maximum atomic E-state index is 13.6. The van der Waals surface area contributed by atoms with Gasteiger partial charge in [0.15, 0.2) is 11.6 Å². The predicted molar refractivity (Wildman–Crippen MR) is 92.6 cm³/mol. The van der Waals surface area contributed by atoms with Crippen LogP contribution in [0.2, 0.25) is 0 Å². The summed E-state index contributed by atoms with van der Waals surface area (Å²) in [7, 11) is -3.42. The van der Waals surface area contributed by atoms with E-state index in [2.05, 4.69) is 0 Å². The zero-order valence-electron chi connectivity index (χ0n) is 13.6. The molecule has 2 aromatic carbocycles. The fourth-order valence-corrected chi connectivity index (χ4v) is 4.69. The van der Waals surface area contributed by atoms with E-state index < -0.39 is 21.6 Å². The van der Waals surface area contributed by atoms with E-state index in [1.54, 1.807) is 0 Å². The van der Waals surface area contributed by atoms with Crippen molar-refractivity contribution in [3.8, 4) is 11.5 Å². The number of sulfonamides is 1. The maximum absolute atomic E-state index is 13.6. The molecule has 7 heteroatoms. The summed E-state index contributed by atoms with van der Waals surface area (Å²) in [6.45, 7) is 0.540. The number of aryl methyl sites for hydroxylation is 1. The van der Waals surface area contributed by atoms with Crippen LogP contribution in [0.3, 0.4) is 0 Å². The van der Waals surface area contributed by atoms with Gasteiger partial charge in [0, 0.05) is 30.6 Å². The molecule has 5 nitrogen and oxygen atoms in total. The second-order valence-electron chi connectivity index (χ2n) is 6.26. The van der Waals surface area contributed by atoms with E-state index in [1.165, 1.54) is 4.31 Å². The van der Waals surface area contributed by atoms with Crippen LogP contribution < -0.4 is 0 Å². The smallest absolute Gasteiger partial charge is 0.214 e.